The van der Waals surface area contributed by atoms with Gasteiger partial charge >= 0.3 is 5.97 Å². The van der Waals surface area contributed by atoms with Crippen molar-refractivity contribution in [2.45, 2.75) is 132 Å². The Morgan fingerprint density at radius 2 is 1.70 bits per heavy atom. The Balaban J connectivity index is 0.899. The summed E-state index contributed by atoms with van der Waals surface area (Å²) < 4.78 is 0. The van der Waals surface area contributed by atoms with Crippen LogP contribution in [0, 0.1) is 81.8 Å². The number of nitrogens with one attached hydrogen (secondary N) is 2. The van der Waals surface area contributed by atoms with Gasteiger partial charge in [0.05, 0.1) is 17.0 Å². The van der Waals surface area contributed by atoms with Crippen LogP contribution < -0.4 is 5.32 Å². The van der Waals surface area contributed by atoms with Crippen molar-refractivity contribution < 1.29 is 24.3 Å². The molecule has 9 nitrogen and oxygen atoms in total. The van der Waals surface area contributed by atoms with Gasteiger partial charge in [-0.15, -0.1) is 0 Å². The van der Waals surface area contributed by atoms with E-state index < -0.39 is 5.97 Å². The van der Waals surface area contributed by atoms with Crippen molar-refractivity contribution in [3.63, 3.8) is 0 Å². The number of imidazole rings is 1. The van der Waals surface area contributed by atoms with E-state index >= 15 is 0 Å². The van der Waals surface area contributed by atoms with E-state index in [1.165, 1.54) is 24.8 Å². The van der Waals surface area contributed by atoms with Crippen LogP contribution in [0.15, 0.2) is 47.7 Å². The molecule has 0 saturated heterocycles. The van der Waals surface area contributed by atoms with Crippen molar-refractivity contribution >= 4 is 34.5 Å². The SMILES string of the molecule is Cc1ccc(-c2nc3ccc(C(=O)NCCC45CCC6C(CCC7C6(C)CCC6C(C)(C)C(CC(=O)C8CC(C(=O)O)C8C)CCC67C)C4=C(C(C)C)C(=O)C5)cc3[nH]2)cn1. The molecule has 6 aliphatic carbocycles. The smallest absolute Gasteiger partial charge is 0.306 e. The zero-order valence-electron chi connectivity index (χ0n) is 37.8. The van der Waals surface area contributed by atoms with Gasteiger partial charge in [-0.25, -0.2) is 4.98 Å². The summed E-state index contributed by atoms with van der Waals surface area (Å²) in [5.41, 5.74) is 6.80. The quantitative estimate of drug-likeness (QED) is 0.185. The van der Waals surface area contributed by atoms with Crippen molar-refractivity contribution in [3.05, 3.63) is 58.9 Å². The predicted molar refractivity (Wildman–Crippen MR) is 237 cm³/mol. The molecule has 3 N–H and O–H groups in total. The van der Waals surface area contributed by atoms with E-state index in [2.05, 4.69) is 56.8 Å². The Labute approximate surface area is 362 Å². The lowest BCUT2D eigenvalue weighted by Crippen LogP contribution is -2.62. The summed E-state index contributed by atoms with van der Waals surface area (Å²) >= 11 is 0. The molecule has 3 aromatic rings. The molecular weight excluding hydrogens is 761 g/mol. The van der Waals surface area contributed by atoms with Crippen LogP contribution in [0.3, 0.4) is 0 Å². The van der Waals surface area contributed by atoms with E-state index in [-0.39, 0.29) is 51.2 Å². The molecule has 9 rings (SSSR count). The van der Waals surface area contributed by atoms with Crippen LogP contribution in [-0.2, 0) is 14.4 Å². The zero-order valence-corrected chi connectivity index (χ0v) is 37.8. The Hall–Kier alpha value is -4.14. The Bertz CT molecular complexity index is 2310. The molecule has 0 spiro atoms. The fraction of sp³-hybridized carbons (Fsp3) is 0.654. The summed E-state index contributed by atoms with van der Waals surface area (Å²) in [5, 5.41) is 12.8. The minimum Gasteiger partial charge on any atom is -0.481 e. The average Bonchev–Trinajstić information content (AvgIpc) is 3.76. The van der Waals surface area contributed by atoms with Crippen molar-refractivity contribution in [2.24, 2.45) is 74.9 Å². The largest absolute Gasteiger partial charge is 0.481 e. The Kier molecular flexibility index (Phi) is 10.4. The van der Waals surface area contributed by atoms with Crippen LogP contribution in [0.25, 0.3) is 22.4 Å². The molecule has 5 fully saturated rings. The van der Waals surface area contributed by atoms with E-state index in [0.717, 1.165) is 72.2 Å². The molecule has 0 aliphatic heterocycles. The minimum atomic E-state index is -0.763. The summed E-state index contributed by atoms with van der Waals surface area (Å²) in [6, 6.07) is 9.57. The van der Waals surface area contributed by atoms with Crippen molar-refractivity contribution in [1.29, 1.82) is 0 Å². The van der Waals surface area contributed by atoms with E-state index in [4.69, 9.17) is 4.98 Å². The molecule has 1 aromatic carbocycles. The first kappa shape index (κ1) is 42.2. The summed E-state index contributed by atoms with van der Waals surface area (Å²) in [4.78, 5) is 65.6. The number of aromatic nitrogens is 3. The second-order valence-corrected chi connectivity index (χ2v) is 22.2. The number of hydrogen-bond donors (Lipinski definition) is 3. The lowest BCUT2D eigenvalue weighted by atomic mass is 9.35. The highest BCUT2D eigenvalue weighted by Gasteiger charge is 2.66. The van der Waals surface area contributed by atoms with Gasteiger partial charge in [0.1, 0.15) is 11.6 Å². The molecule has 0 radical (unpaired) electrons. The molecular formula is C52H68N4O5. The number of benzene rings is 1. The average molecular weight is 829 g/mol. The Morgan fingerprint density at radius 1 is 0.934 bits per heavy atom. The number of carboxylic acid groups (broad SMARTS) is 1. The summed E-state index contributed by atoms with van der Waals surface area (Å²) in [6.45, 7) is 18.9. The second-order valence-electron chi connectivity index (χ2n) is 22.2. The van der Waals surface area contributed by atoms with Gasteiger partial charge in [-0.3, -0.25) is 24.2 Å². The number of Topliss-reactive ketones (excluding diaryl/α,β-unsaturated/α-hetero) is 2. The lowest BCUT2D eigenvalue weighted by molar-refractivity contribution is -0.193. The van der Waals surface area contributed by atoms with Gasteiger partial charge in [0.15, 0.2) is 5.78 Å². The number of rotatable bonds is 10. The predicted octanol–water partition coefficient (Wildman–Crippen LogP) is 10.6. The molecule has 9 heteroatoms. The van der Waals surface area contributed by atoms with Gasteiger partial charge < -0.3 is 15.4 Å². The number of hydrogen-bond acceptors (Lipinski definition) is 6. The first-order valence-corrected chi connectivity index (χ1v) is 23.6. The number of carboxylic acids is 1. The number of nitrogens with zero attached hydrogens (tertiary/aromatic N) is 2. The number of aliphatic carboxylic acids is 1. The topological polar surface area (TPSA) is 142 Å². The minimum absolute atomic E-state index is 0.0313. The maximum absolute atomic E-state index is 14.1. The maximum Gasteiger partial charge on any atom is 0.306 e. The fourth-order valence-electron chi connectivity index (χ4n) is 15.5. The van der Waals surface area contributed by atoms with Gasteiger partial charge in [-0.2, -0.15) is 0 Å². The third-order valence-electron chi connectivity index (χ3n) is 18.8. The van der Waals surface area contributed by atoms with Crippen LogP contribution in [0.2, 0.25) is 0 Å². The first-order valence-electron chi connectivity index (χ1n) is 23.6. The molecule has 6 aliphatic rings. The van der Waals surface area contributed by atoms with E-state index in [1.807, 2.05) is 50.4 Å². The van der Waals surface area contributed by atoms with Crippen LogP contribution in [-0.4, -0.2) is 50.0 Å². The first-order chi connectivity index (χ1) is 28.9. The molecule has 11 atom stereocenters. The summed E-state index contributed by atoms with van der Waals surface area (Å²) in [7, 11) is 0. The lowest BCUT2D eigenvalue weighted by Gasteiger charge is -2.69. The molecule has 61 heavy (non-hydrogen) atoms. The van der Waals surface area contributed by atoms with Gasteiger partial charge in [0, 0.05) is 53.7 Å². The summed E-state index contributed by atoms with van der Waals surface area (Å²) in [5.74, 6) is 2.50. The van der Waals surface area contributed by atoms with Crippen LogP contribution in [0.5, 0.6) is 0 Å². The van der Waals surface area contributed by atoms with Crippen LogP contribution >= 0.6 is 0 Å². The monoisotopic (exact) mass is 829 g/mol. The zero-order chi connectivity index (χ0) is 43.4. The molecule has 1 amide bonds. The second kappa shape index (κ2) is 15.0. The number of carbonyl (C=O) groups is 4. The molecule has 0 bridgehead atoms. The van der Waals surface area contributed by atoms with Crippen LogP contribution in [0.1, 0.15) is 142 Å². The van der Waals surface area contributed by atoms with Crippen molar-refractivity contribution in [2.75, 3.05) is 6.54 Å². The highest BCUT2D eigenvalue weighted by atomic mass is 16.4. The normalized spacial score (nSPS) is 36.4. The van der Waals surface area contributed by atoms with E-state index in [0.29, 0.717) is 72.5 Å². The van der Waals surface area contributed by atoms with Gasteiger partial charge in [-0.1, -0.05) is 54.0 Å². The van der Waals surface area contributed by atoms with Crippen molar-refractivity contribution in [1.82, 2.24) is 20.3 Å². The van der Waals surface area contributed by atoms with E-state index in [1.54, 1.807) is 0 Å². The highest BCUT2D eigenvalue weighted by Crippen LogP contribution is 2.74. The number of amides is 1. The van der Waals surface area contributed by atoms with E-state index in [9.17, 15) is 24.3 Å². The highest BCUT2D eigenvalue weighted by molar-refractivity contribution is 6.01. The maximum atomic E-state index is 14.1. The molecule has 326 valence electrons. The molecule has 5 saturated carbocycles. The van der Waals surface area contributed by atoms with Crippen molar-refractivity contribution in [3.8, 4) is 11.4 Å². The summed E-state index contributed by atoms with van der Waals surface area (Å²) in [6.07, 6.45) is 13.2. The van der Waals surface area contributed by atoms with Crippen LogP contribution in [0.4, 0.5) is 0 Å². The number of ketones is 2. The number of aromatic amines is 1. The third-order valence-corrected chi connectivity index (χ3v) is 18.8. The Morgan fingerprint density at radius 3 is 2.41 bits per heavy atom. The number of allylic oxidation sites excluding steroid dienone is 2. The fourth-order valence-corrected chi connectivity index (χ4v) is 15.5. The van der Waals surface area contributed by atoms with Gasteiger partial charge in [-0.05, 0) is 165 Å². The third kappa shape index (κ3) is 6.67. The van der Waals surface area contributed by atoms with Gasteiger partial charge in [0.2, 0.25) is 0 Å². The van der Waals surface area contributed by atoms with Gasteiger partial charge in [0.25, 0.3) is 5.91 Å². The standard InChI is InChI=1S/C52H68N4O5/c1-28(2)44-41(58)26-52(21-22-53-47(59)31-11-13-38-39(23-31)56-46(55-38)32-10-9-29(3)54-27-32)20-16-37-34(45(44)52)12-14-43-50(37,7)19-17-42-49(5,6)33(15-18-51(42,43)8)24-40(57)35-25-36(30(35)4)48(60)61/h9-11,13,23,27-28,30,33-37,42-43H,12,14-22,24-26H2,1-8H3,(H,53,59)(H,55,56)(H,60,61). The number of carbonyl (C=O) groups excluding carboxylic acids is 3. The molecule has 2 heterocycles. The number of aryl methyl sites for hydroxylation is 1. The molecule has 2 aromatic heterocycles. The number of H-pyrrole nitrogens is 1. The number of pyridine rings is 1. The molecule has 11 unspecified atom stereocenters. The number of fused-ring (bicyclic) bond motifs is 8.